The summed E-state index contributed by atoms with van der Waals surface area (Å²) >= 11 is 1.51. The molecule has 0 fully saturated rings. The first-order chi connectivity index (χ1) is 12.1. The number of thioether (sulfide) groups is 1. The average molecular weight is 357 g/mol. The topological polar surface area (TPSA) is 78.9 Å². The van der Waals surface area contributed by atoms with Gasteiger partial charge in [0, 0.05) is 6.54 Å². The highest BCUT2D eigenvalue weighted by atomic mass is 32.2. The second-order valence-electron chi connectivity index (χ2n) is 5.35. The van der Waals surface area contributed by atoms with E-state index < -0.39 is 0 Å². The van der Waals surface area contributed by atoms with E-state index in [9.17, 15) is 0 Å². The lowest BCUT2D eigenvalue weighted by Gasteiger charge is -2.11. The first-order valence-corrected chi connectivity index (χ1v) is 8.66. The lowest BCUT2D eigenvalue weighted by Crippen LogP contribution is -2.02. The highest BCUT2D eigenvalue weighted by Crippen LogP contribution is 2.36. The predicted molar refractivity (Wildman–Crippen MR) is 95.5 cm³/mol. The van der Waals surface area contributed by atoms with Gasteiger partial charge in [-0.25, -0.2) is 0 Å². The fourth-order valence-electron chi connectivity index (χ4n) is 2.38. The first-order valence-electron chi connectivity index (χ1n) is 7.78. The van der Waals surface area contributed by atoms with Gasteiger partial charge in [0.25, 0.3) is 0 Å². The molecule has 2 heterocycles. The van der Waals surface area contributed by atoms with Crippen molar-refractivity contribution >= 4 is 11.8 Å². The Labute approximate surface area is 150 Å². The number of methoxy groups -OCH3 is 1. The maximum Gasteiger partial charge on any atom is 0.239 e. The predicted octanol–water partition coefficient (Wildman–Crippen LogP) is 3.68. The standard InChI is InChI=1S/C17H19N5O2S/c1-5-10-22-15(13-8-6-7-9-14(13)23-4)19-20-17(22)25-11(2)16-18-12(3)21-24-16/h5-9,11H,1,10H2,2-4H3. The minimum atomic E-state index is -0.0421. The summed E-state index contributed by atoms with van der Waals surface area (Å²) in [5, 5.41) is 13.3. The fraction of sp³-hybridized carbons (Fsp3) is 0.294. The molecule has 25 heavy (non-hydrogen) atoms. The molecule has 0 N–H and O–H groups in total. The molecule has 1 unspecified atom stereocenters. The lowest BCUT2D eigenvalue weighted by atomic mass is 10.2. The van der Waals surface area contributed by atoms with Gasteiger partial charge in [-0.05, 0) is 26.0 Å². The third-order valence-electron chi connectivity index (χ3n) is 3.55. The number of rotatable bonds is 7. The van der Waals surface area contributed by atoms with E-state index in [0.717, 1.165) is 22.3 Å². The van der Waals surface area contributed by atoms with Crippen LogP contribution in [0.3, 0.4) is 0 Å². The van der Waals surface area contributed by atoms with E-state index in [1.54, 1.807) is 14.0 Å². The number of hydrogen-bond donors (Lipinski definition) is 0. The van der Waals surface area contributed by atoms with Gasteiger partial charge in [-0.3, -0.25) is 4.57 Å². The molecular weight excluding hydrogens is 338 g/mol. The molecule has 2 aromatic heterocycles. The molecule has 0 saturated heterocycles. The molecule has 0 radical (unpaired) electrons. The van der Waals surface area contributed by atoms with Crippen LogP contribution in [0.25, 0.3) is 11.4 Å². The van der Waals surface area contributed by atoms with E-state index in [0.29, 0.717) is 18.3 Å². The van der Waals surface area contributed by atoms with Gasteiger partial charge in [0.15, 0.2) is 16.8 Å². The Morgan fingerprint density at radius 3 is 2.84 bits per heavy atom. The summed E-state index contributed by atoms with van der Waals surface area (Å²) in [6.45, 7) is 8.21. The molecule has 1 aromatic carbocycles. The number of allylic oxidation sites excluding steroid dienone is 1. The third-order valence-corrected chi connectivity index (χ3v) is 4.62. The minimum absolute atomic E-state index is 0.0421. The summed E-state index contributed by atoms with van der Waals surface area (Å²) in [7, 11) is 1.64. The summed E-state index contributed by atoms with van der Waals surface area (Å²) in [5.41, 5.74) is 0.882. The van der Waals surface area contributed by atoms with Gasteiger partial charge < -0.3 is 9.26 Å². The van der Waals surface area contributed by atoms with Crippen molar-refractivity contribution in [2.45, 2.75) is 30.8 Å². The largest absolute Gasteiger partial charge is 0.496 e. The Morgan fingerprint density at radius 2 is 2.16 bits per heavy atom. The molecule has 3 aromatic rings. The molecule has 7 nitrogen and oxygen atoms in total. The second-order valence-corrected chi connectivity index (χ2v) is 6.65. The van der Waals surface area contributed by atoms with Crippen LogP contribution in [0.1, 0.15) is 23.9 Å². The summed E-state index contributed by atoms with van der Waals surface area (Å²) in [6.07, 6.45) is 1.81. The van der Waals surface area contributed by atoms with Gasteiger partial charge in [0.2, 0.25) is 5.89 Å². The molecule has 0 aliphatic heterocycles. The van der Waals surface area contributed by atoms with Crippen molar-refractivity contribution in [2.24, 2.45) is 0 Å². The monoisotopic (exact) mass is 357 g/mol. The maximum atomic E-state index is 5.45. The molecule has 0 aliphatic rings. The fourth-order valence-corrected chi connectivity index (χ4v) is 3.27. The van der Waals surface area contributed by atoms with Crippen LogP contribution in [0, 0.1) is 6.92 Å². The van der Waals surface area contributed by atoms with E-state index in [4.69, 9.17) is 9.26 Å². The summed E-state index contributed by atoms with van der Waals surface area (Å²) in [6, 6.07) is 7.73. The van der Waals surface area contributed by atoms with Crippen LogP contribution in [0.5, 0.6) is 5.75 Å². The molecule has 3 rings (SSSR count). The van der Waals surface area contributed by atoms with Crippen LogP contribution in [-0.4, -0.2) is 32.0 Å². The SMILES string of the molecule is C=CCn1c(SC(C)c2nc(C)no2)nnc1-c1ccccc1OC. The number of aromatic nitrogens is 5. The van der Waals surface area contributed by atoms with Gasteiger partial charge in [0.05, 0.1) is 17.9 Å². The number of nitrogens with zero attached hydrogens (tertiary/aromatic N) is 5. The number of ether oxygens (including phenoxy) is 1. The number of para-hydroxylation sites is 1. The van der Waals surface area contributed by atoms with Crippen LogP contribution >= 0.6 is 11.8 Å². The molecule has 130 valence electrons. The average Bonchev–Trinajstić information content (AvgIpc) is 3.22. The molecule has 0 saturated carbocycles. The zero-order valence-corrected chi connectivity index (χ0v) is 15.2. The van der Waals surface area contributed by atoms with Crippen molar-refractivity contribution in [1.82, 2.24) is 24.9 Å². The molecule has 0 spiro atoms. The highest BCUT2D eigenvalue weighted by molar-refractivity contribution is 7.99. The molecule has 8 heteroatoms. The number of aryl methyl sites for hydroxylation is 1. The number of benzene rings is 1. The van der Waals surface area contributed by atoms with Crippen molar-refractivity contribution in [3.8, 4) is 17.1 Å². The maximum absolute atomic E-state index is 5.45. The lowest BCUT2D eigenvalue weighted by molar-refractivity contribution is 0.376. The Morgan fingerprint density at radius 1 is 1.36 bits per heavy atom. The van der Waals surface area contributed by atoms with E-state index in [1.165, 1.54) is 11.8 Å². The first kappa shape index (κ1) is 17.2. The van der Waals surface area contributed by atoms with Gasteiger partial charge in [-0.2, -0.15) is 4.98 Å². The Bertz CT molecular complexity index is 874. The minimum Gasteiger partial charge on any atom is -0.496 e. The van der Waals surface area contributed by atoms with Crippen LogP contribution in [-0.2, 0) is 6.54 Å². The van der Waals surface area contributed by atoms with Crippen LogP contribution in [0.4, 0.5) is 0 Å². The quantitative estimate of drug-likeness (QED) is 0.471. The van der Waals surface area contributed by atoms with Crippen LogP contribution in [0.15, 0.2) is 46.6 Å². The van der Waals surface area contributed by atoms with Crippen molar-refractivity contribution < 1.29 is 9.26 Å². The number of hydrogen-bond acceptors (Lipinski definition) is 7. The zero-order chi connectivity index (χ0) is 17.8. The third kappa shape index (κ3) is 3.58. The summed E-state index contributed by atoms with van der Waals surface area (Å²) in [4.78, 5) is 4.28. The normalized spacial score (nSPS) is 12.1. The van der Waals surface area contributed by atoms with Gasteiger partial charge in [-0.1, -0.05) is 35.1 Å². The molecule has 0 amide bonds. The van der Waals surface area contributed by atoms with E-state index in [2.05, 4.69) is 26.9 Å². The molecule has 0 bridgehead atoms. The Hall–Kier alpha value is -2.61. The van der Waals surface area contributed by atoms with Gasteiger partial charge >= 0.3 is 0 Å². The van der Waals surface area contributed by atoms with E-state index >= 15 is 0 Å². The van der Waals surface area contributed by atoms with E-state index in [1.807, 2.05) is 41.8 Å². The van der Waals surface area contributed by atoms with Crippen molar-refractivity contribution in [3.05, 3.63) is 48.6 Å². The molecule has 1 atom stereocenters. The van der Waals surface area contributed by atoms with Gasteiger partial charge in [-0.15, -0.1) is 16.8 Å². The second kappa shape index (κ2) is 7.52. The molecular formula is C17H19N5O2S. The van der Waals surface area contributed by atoms with Crippen LogP contribution < -0.4 is 4.74 Å². The summed E-state index contributed by atoms with van der Waals surface area (Å²) < 4.78 is 12.7. The molecule has 0 aliphatic carbocycles. The zero-order valence-electron chi connectivity index (χ0n) is 14.3. The summed E-state index contributed by atoms with van der Waals surface area (Å²) in [5.74, 6) is 2.66. The Balaban J connectivity index is 1.95. The van der Waals surface area contributed by atoms with Crippen molar-refractivity contribution in [1.29, 1.82) is 0 Å². The van der Waals surface area contributed by atoms with Crippen LogP contribution in [0.2, 0.25) is 0 Å². The smallest absolute Gasteiger partial charge is 0.239 e. The Kier molecular flexibility index (Phi) is 5.18. The van der Waals surface area contributed by atoms with E-state index in [-0.39, 0.29) is 5.25 Å². The van der Waals surface area contributed by atoms with Crippen molar-refractivity contribution in [3.63, 3.8) is 0 Å². The van der Waals surface area contributed by atoms with Gasteiger partial charge in [0.1, 0.15) is 5.75 Å². The van der Waals surface area contributed by atoms with Crippen molar-refractivity contribution in [2.75, 3.05) is 7.11 Å². The highest BCUT2D eigenvalue weighted by Gasteiger charge is 2.21.